The summed E-state index contributed by atoms with van der Waals surface area (Å²) in [4.78, 5) is 26.4. The molecule has 0 bridgehead atoms. The molecular weight excluding hydrogens is 210 g/mol. The Hall–Kier alpha value is -1.14. The van der Waals surface area contributed by atoms with Crippen LogP contribution >= 0.6 is 0 Å². The molecule has 0 aromatic carbocycles. The van der Waals surface area contributed by atoms with Gasteiger partial charge >= 0.3 is 0 Å². The highest BCUT2D eigenvalue weighted by Crippen LogP contribution is 2.01. The van der Waals surface area contributed by atoms with E-state index in [0.29, 0.717) is 19.6 Å². The van der Waals surface area contributed by atoms with E-state index in [0.717, 1.165) is 13.1 Å². The van der Waals surface area contributed by atoms with Gasteiger partial charge in [-0.05, 0) is 0 Å². The zero-order chi connectivity index (χ0) is 12.0. The number of ether oxygens (including phenoxy) is 1. The van der Waals surface area contributed by atoms with Gasteiger partial charge in [-0.15, -0.1) is 0 Å². The molecule has 1 rings (SSSR count). The minimum Gasteiger partial charge on any atom is -0.375 e. The lowest BCUT2D eigenvalue weighted by Gasteiger charge is -2.34. The van der Waals surface area contributed by atoms with Crippen molar-refractivity contribution in [2.45, 2.75) is 0 Å². The molecule has 1 aliphatic rings. The van der Waals surface area contributed by atoms with Crippen LogP contribution in [0.4, 0.5) is 0 Å². The molecule has 1 saturated heterocycles. The van der Waals surface area contributed by atoms with Gasteiger partial charge in [-0.1, -0.05) is 0 Å². The zero-order valence-corrected chi connectivity index (χ0v) is 9.86. The van der Waals surface area contributed by atoms with Gasteiger partial charge in [-0.25, -0.2) is 0 Å². The van der Waals surface area contributed by atoms with E-state index in [1.165, 1.54) is 7.11 Å². The maximum Gasteiger partial charge on any atom is 0.248 e. The van der Waals surface area contributed by atoms with E-state index < -0.39 is 0 Å². The minimum atomic E-state index is 0.0108. The third-order valence-corrected chi connectivity index (χ3v) is 2.64. The van der Waals surface area contributed by atoms with Crippen molar-refractivity contribution in [1.82, 2.24) is 15.1 Å². The number of hydrogen-bond acceptors (Lipinski definition) is 4. The number of piperazine rings is 1. The molecule has 6 heteroatoms. The Kier molecular flexibility index (Phi) is 5.21. The number of carbonyl (C=O) groups excluding carboxylic acids is 2. The molecule has 0 aliphatic carbocycles. The maximum atomic E-state index is 11.5. The van der Waals surface area contributed by atoms with Crippen molar-refractivity contribution in [3.05, 3.63) is 0 Å². The first-order valence-corrected chi connectivity index (χ1v) is 5.37. The van der Waals surface area contributed by atoms with E-state index in [4.69, 9.17) is 4.74 Å². The molecule has 1 fully saturated rings. The van der Waals surface area contributed by atoms with E-state index in [1.807, 2.05) is 4.90 Å². The average Bonchev–Trinajstić information content (AvgIpc) is 2.30. The minimum absolute atomic E-state index is 0.0108. The molecule has 16 heavy (non-hydrogen) atoms. The topological polar surface area (TPSA) is 61.9 Å². The van der Waals surface area contributed by atoms with Crippen LogP contribution in [0.15, 0.2) is 0 Å². The van der Waals surface area contributed by atoms with Gasteiger partial charge < -0.3 is 15.0 Å². The van der Waals surface area contributed by atoms with Crippen molar-refractivity contribution in [3.8, 4) is 0 Å². The van der Waals surface area contributed by atoms with E-state index >= 15 is 0 Å². The standard InChI is InChI=1S/C10H19N3O3/c1-11-9(14)7-12-3-5-13(6-4-12)10(15)8-16-2/h3-8H2,1-2H3,(H,11,14). The Balaban J connectivity index is 2.28. The Morgan fingerprint density at radius 2 is 1.88 bits per heavy atom. The van der Waals surface area contributed by atoms with Crippen molar-refractivity contribution in [1.29, 1.82) is 0 Å². The van der Waals surface area contributed by atoms with Crippen LogP contribution < -0.4 is 5.32 Å². The normalized spacial score (nSPS) is 17.2. The number of nitrogens with zero attached hydrogens (tertiary/aromatic N) is 2. The van der Waals surface area contributed by atoms with E-state index in [-0.39, 0.29) is 18.4 Å². The largest absolute Gasteiger partial charge is 0.375 e. The Morgan fingerprint density at radius 1 is 1.25 bits per heavy atom. The molecule has 0 radical (unpaired) electrons. The van der Waals surface area contributed by atoms with Gasteiger partial charge in [0.25, 0.3) is 0 Å². The van der Waals surface area contributed by atoms with Crippen molar-refractivity contribution in [3.63, 3.8) is 0 Å². The third kappa shape index (κ3) is 3.79. The lowest BCUT2D eigenvalue weighted by Crippen LogP contribution is -2.51. The monoisotopic (exact) mass is 229 g/mol. The lowest BCUT2D eigenvalue weighted by atomic mass is 10.3. The number of rotatable bonds is 4. The summed E-state index contributed by atoms with van der Waals surface area (Å²) in [7, 11) is 3.14. The molecule has 92 valence electrons. The van der Waals surface area contributed by atoms with Crippen molar-refractivity contribution >= 4 is 11.8 Å². The SMILES string of the molecule is CNC(=O)CN1CCN(C(=O)COC)CC1. The van der Waals surface area contributed by atoms with E-state index in [2.05, 4.69) is 5.32 Å². The number of carbonyl (C=O) groups is 2. The van der Waals surface area contributed by atoms with Crippen LogP contribution in [0.2, 0.25) is 0 Å². The van der Waals surface area contributed by atoms with Gasteiger partial charge in [-0.3, -0.25) is 14.5 Å². The van der Waals surface area contributed by atoms with Gasteiger partial charge in [0.2, 0.25) is 11.8 Å². The number of nitrogens with one attached hydrogen (secondary N) is 1. The van der Waals surface area contributed by atoms with Gasteiger partial charge in [-0.2, -0.15) is 0 Å². The van der Waals surface area contributed by atoms with Gasteiger partial charge in [0.05, 0.1) is 6.54 Å². The van der Waals surface area contributed by atoms with Crippen molar-refractivity contribution in [2.24, 2.45) is 0 Å². The summed E-state index contributed by atoms with van der Waals surface area (Å²) in [6.07, 6.45) is 0. The molecule has 1 heterocycles. The first kappa shape index (κ1) is 12.9. The molecule has 0 saturated carbocycles. The molecule has 0 atom stereocenters. The third-order valence-electron chi connectivity index (χ3n) is 2.64. The number of likely N-dealkylation sites (N-methyl/N-ethyl adjacent to an activating group) is 1. The van der Waals surface area contributed by atoms with Crippen molar-refractivity contribution in [2.75, 3.05) is 53.5 Å². The summed E-state index contributed by atoms with van der Waals surface area (Å²) in [6.45, 7) is 3.35. The average molecular weight is 229 g/mol. The molecule has 0 spiro atoms. The van der Waals surface area contributed by atoms with E-state index in [1.54, 1.807) is 11.9 Å². The van der Waals surface area contributed by atoms with Crippen LogP contribution in [-0.4, -0.2) is 75.1 Å². The van der Waals surface area contributed by atoms with Gasteiger partial charge in [0, 0.05) is 40.3 Å². The molecule has 1 N–H and O–H groups in total. The van der Waals surface area contributed by atoms with Crippen molar-refractivity contribution < 1.29 is 14.3 Å². The Morgan fingerprint density at radius 3 is 2.38 bits per heavy atom. The fourth-order valence-corrected chi connectivity index (χ4v) is 1.65. The highest BCUT2D eigenvalue weighted by molar-refractivity contribution is 5.78. The summed E-state index contributed by atoms with van der Waals surface area (Å²) in [6, 6.07) is 0. The number of hydrogen-bond donors (Lipinski definition) is 1. The van der Waals surface area contributed by atoms with Gasteiger partial charge in [0.1, 0.15) is 6.61 Å². The van der Waals surface area contributed by atoms with E-state index in [9.17, 15) is 9.59 Å². The molecule has 0 unspecified atom stereocenters. The summed E-state index contributed by atoms with van der Waals surface area (Å²) in [5.41, 5.74) is 0. The van der Waals surface area contributed by atoms with Crippen LogP contribution in [0.3, 0.4) is 0 Å². The molecule has 1 aliphatic heterocycles. The summed E-state index contributed by atoms with van der Waals surface area (Å²) in [5.74, 6) is 0.0266. The highest BCUT2D eigenvalue weighted by Gasteiger charge is 2.21. The first-order valence-electron chi connectivity index (χ1n) is 5.37. The summed E-state index contributed by atoms with van der Waals surface area (Å²) >= 11 is 0. The van der Waals surface area contributed by atoms with Crippen LogP contribution in [0.25, 0.3) is 0 Å². The van der Waals surface area contributed by atoms with Gasteiger partial charge in [0.15, 0.2) is 0 Å². The second kappa shape index (κ2) is 6.44. The van der Waals surface area contributed by atoms with Crippen LogP contribution in [-0.2, 0) is 14.3 Å². The molecule has 6 nitrogen and oxygen atoms in total. The lowest BCUT2D eigenvalue weighted by molar-refractivity contribution is -0.137. The van der Waals surface area contributed by atoms with Crippen LogP contribution in [0, 0.1) is 0 Å². The summed E-state index contributed by atoms with van der Waals surface area (Å²) in [5, 5.41) is 2.59. The smallest absolute Gasteiger partial charge is 0.248 e. The fourth-order valence-electron chi connectivity index (χ4n) is 1.65. The zero-order valence-electron chi connectivity index (χ0n) is 9.86. The molecule has 0 aromatic rings. The second-order valence-corrected chi connectivity index (χ2v) is 3.76. The maximum absolute atomic E-state index is 11.5. The first-order chi connectivity index (χ1) is 7.67. The molecule has 0 aromatic heterocycles. The predicted molar refractivity (Wildman–Crippen MR) is 59.0 cm³/mol. The Labute approximate surface area is 95.5 Å². The predicted octanol–water partition coefficient (Wildman–Crippen LogP) is -1.48. The number of amides is 2. The molecule has 2 amide bonds. The molecular formula is C10H19N3O3. The van der Waals surface area contributed by atoms with Crippen LogP contribution in [0.1, 0.15) is 0 Å². The summed E-state index contributed by atoms with van der Waals surface area (Å²) < 4.78 is 4.80. The second-order valence-electron chi connectivity index (χ2n) is 3.76. The Bertz CT molecular complexity index is 250. The fraction of sp³-hybridized carbons (Fsp3) is 0.800. The highest BCUT2D eigenvalue weighted by atomic mass is 16.5. The van der Waals surface area contributed by atoms with Crippen LogP contribution in [0.5, 0.6) is 0 Å². The quantitative estimate of drug-likeness (QED) is 0.639. The number of methoxy groups -OCH3 is 1.